The van der Waals surface area contributed by atoms with E-state index >= 15 is 0 Å². The summed E-state index contributed by atoms with van der Waals surface area (Å²) in [4.78, 5) is 5.61. The average molecular weight is 394 g/mol. The van der Waals surface area contributed by atoms with Gasteiger partial charge in [-0.3, -0.25) is 4.84 Å². The van der Waals surface area contributed by atoms with Crippen LogP contribution in [0.1, 0.15) is 49.2 Å². The van der Waals surface area contributed by atoms with Gasteiger partial charge in [0, 0.05) is 30.7 Å². The van der Waals surface area contributed by atoms with Crippen molar-refractivity contribution in [1.29, 1.82) is 0 Å². The Morgan fingerprint density at radius 3 is 1.93 bits per heavy atom. The topological polar surface area (TPSA) is 70.3 Å². The minimum Gasteiger partial charge on any atom is -0.744 e. The third-order valence-electron chi connectivity index (χ3n) is 3.97. The number of aromatic nitrogens is 1. The van der Waals surface area contributed by atoms with Gasteiger partial charge in [-0.25, -0.2) is 8.42 Å². The van der Waals surface area contributed by atoms with Crippen molar-refractivity contribution in [3.63, 3.8) is 0 Å². The van der Waals surface area contributed by atoms with E-state index in [1.807, 2.05) is 11.7 Å². The fourth-order valence-electron chi connectivity index (χ4n) is 2.65. The lowest BCUT2D eigenvalue weighted by Gasteiger charge is -2.06. The molecule has 0 aliphatic carbocycles. The van der Waals surface area contributed by atoms with E-state index < -0.39 is 10.1 Å². The lowest BCUT2D eigenvalue weighted by molar-refractivity contribution is -0.899. The van der Waals surface area contributed by atoms with Crippen molar-refractivity contribution in [2.45, 2.75) is 59.3 Å². The normalized spacial score (nSPS) is 11.1. The van der Waals surface area contributed by atoms with Gasteiger partial charge in [0.05, 0.1) is 4.90 Å². The van der Waals surface area contributed by atoms with Crippen molar-refractivity contribution in [2.75, 3.05) is 6.61 Å². The molecule has 0 unspecified atom stereocenters. The highest BCUT2D eigenvalue weighted by Gasteiger charge is 2.13. The minimum absolute atomic E-state index is 0.178. The first-order valence-corrected chi connectivity index (χ1v) is 10.6. The SMILES string of the molecule is Cc1cc(C)[n+](OCCCC(C)C)c(C)c1.Cc1ccc(S(=O)(=O)[O-])cc1. The van der Waals surface area contributed by atoms with Crippen molar-refractivity contribution < 1.29 is 22.5 Å². The Balaban J connectivity index is 0.000000289. The number of hydrogen-bond acceptors (Lipinski definition) is 4. The van der Waals surface area contributed by atoms with Gasteiger partial charge in [0.25, 0.3) is 0 Å². The average Bonchev–Trinajstić information content (AvgIpc) is 2.53. The maximum atomic E-state index is 10.4. The predicted octanol–water partition coefficient (Wildman–Crippen LogP) is 3.66. The van der Waals surface area contributed by atoms with Gasteiger partial charge in [0.1, 0.15) is 10.1 Å². The molecule has 0 aliphatic heterocycles. The Morgan fingerprint density at radius 1 is 0.963 bits per heavy atom. The van der Waals surface area contributed by atoms with Crippen LogP contribution in [0.4, 0.5) is 0 Å². The van der Waals surface area contributed by atoms with Crippen molar-refractivity contribution in [3.8, 4) is 0 Å². The molecule has 0 spiro atoms. The molecule has 6 heteroatoms. The molecule has 2 aromatic rings. The minimum atomic E-state index is -4.27. The lowest BCUT2D eigenvalue weighted by Crippen LogP contribution is -2.48. The van der Waals surface area contributed by atoms with Crippen LogP contribution in [0.3, 0.4) is 0 Å². The zero-order valence-electron chi connectivity index (χ0n) is 17.2. The largest absolute Gasteiger partial charge is 0.744 e. The number of rotatable bonds is 6. The van der Waals surface area contributed by atoms with Gasteiger partial charge in [-0.2, -0.15) is 0 Å². The lowest BCUT2D eigenvalue weighted by atomic mass is 10.1. The predicted molar refractivity (Wildman–Crippen MR) is 106 cm³/mol. The summed E-state index contributed by atoms with van der Waals surface area (Å²) in [5.41, 5.74) is 4.55. The zero-order valence-corrected chi connectivity index (χ0v) is 18.0. The standard InChI is InChI=1S/C14H24NO.C7H8O3S/c1-11(2)7-6-8-16-15-13(4)9-12(3)10-14(15)5;1-6-2-4-7(5-3-6)11(8,9)10/h9-11H,6-8H2,1-5H3;2-5H,1H3,(H,8,9,10)/q+1;/p-1. The number of pyridine rings is 1. The molecule has 5 nitrogen and oxygen atoms in total. The fourth-order valence-corrected chi connectivity index (χ4v) is 3.12. The highest BCUT2D eigenvalue weighted by molar-refractivity contribution is 7.85. The molecule has 0 saturated heterocycles. The van der Waals surface area contributed by atoms with Gasteiger partial charge in [-0.15, -0.1) is 0 Å². The summed E-state index contributed by atoms with van der Waals surface area (Å²) in [6, 6.07) is 10.1. The Labute approximate surface area is 163 Å². The molecule has 0 saturated carbocycles. The Kier molecular flexibility index (Phi) is 8.93. The molecule has 1 aromatic carbocycles. The van der Waals surface area contributed by atoms with Crippen LogP contribution >= 0.6 is 0 Å². The highest BCUT2D eigenvalue weighted by Crippen LogP contribution is 2.08. The van der Waals surface area contributed by atoms with Gasteiger partial charge in [0.15, 0.2) is 6.61 Å². The van der Waals surface area contributed by atoms with E-state index in [9.17, 15) is 13.0 Å². The first kappa shape index (κ1) is 23.1. The maximum Gasteiger partial charge on any atom is 0.231 e. The highest BCUT2D eigenvalue weighted by atomic mass is 32.2. The third kappa shape index (κ3) is 8.54. The molecular weight excluding hydrogens is 362 g/mol. The molecule has 0 atom stereocenters. The number of hydrogen-bond donors (Lipinski definition) is 0. The van der Waals surface area contributed by atoms with Crippen LogP contribution in [0.25, 0.3) is 0 Å². The zero-order chi connectivity index (χ0) is 20.6. The smallest absolute Gasteiger partial charge is 0.231 e. The van der Waals surface area contributed by atoms with Crippen LogP contribution in [0.5, 0.6) is 0 Å². The molecular formula is C21H31NO4S. The van der Waals surface area contributed by atoms with Crippen LogP contribution in [0.2, 0.25) is 0 Å². The number of aryl methyl sites for hydroxylation is 4. The molecule has 0 aliphatic rings. The Bertz CT molecular complexity index is 805. The molecule has 0 bridgehead atoms. The summed E-state index contributed by atoms with van der Waals surface area (Å²) in [6.07, 6.45) is 2.35. The number of benzene rings is 1. The second kappa shape index (κ2) is 10.4. The quantitative estimate of drug-likeness (QED) is 0.427. The van der Waals surface area contributed by atoms with E-state index in [0.717, 1.165) is 24.5 Å². The van der Waals surface area contributed by atoms with Crippen LogP contribution < -0.4 is 9.57 Å². The molecule has 0 fully saturated rings. The van der Waals surface area contributed by atoms with E-state index in [1.54, 1.807) is 12.1 Å². The molecule has 1 heterocycles. The molecule has 2 rings (SSSR count). The van der Waals surface area contributed by atoms with Crippen LogP contribution in [0.15, 0.2) is 41.3 Å². The van der Waals surface area contributed by atoms with Crippen molar-refractivity contribution in [3.05, 3.63) is 58.9 Å². The van der Waals surface area contributed by atoms with E-state index in [1.165, 1.54) is 35.5 Å². The van der Waals surface area contributed by atoms with Crippen molar-refractivity contribution in [1.82, 2.24) is 0 Å². The summed E-state index contributed by atoms with van der Waals surface area (Å²) in [5, 5.41) is 0. The Morgan fingerprint density at radius 2 is 1.48 bits per heavy atom. The Hall–Kier alpha value is -1.92. The van der Waals surface area contributed by atoms with Crippen LogP contribution in [-0.2, 0) is 10.1 Å². The second-order valence-corrected chi connectivity index (χ2v) is 8.63. The second-order valence-electron chi connectivity index (χ2n) is 7.25. The fraction of sp³-hybridized carbons (Fsp3) is 0.476. The maximum absolute atomic E-state index is 10.4. The van der Waals surface area contributed by atoms with E-state index in [2.05, 4.69) is 46.8 Å². The number of nitrogens with zero attached hydrogens (tertiary/aromatic N) is 1. The summed E-state index contributed by atoms with van der Waals surface area (Å²) in [7, 11) is -4.27. The summed E-state index contributed by atoms with van der Waals surface area (Å²) in [5.74, 6) is 0.758. The third-order valence-corrected chi connectivity index (χ3v) is 4.82. The van der Waals surface area contributed by atoms with Gasteiger partial charge >= 0.3 is 0 Å². The summed E-state index contributed by atoms with van der Waals surface area (Å²) < 4.78 is 33.1. The van der Waals surface area contributed by atoms with Gasteiger partial charge < -0.3 is 4.55 Å². The van der Waals surface area contributed by atoms with Crippen LogP contribution in [-0.4, -0.2) is 19.6 Å². The molecule has 1 aromatic heterocycles. The molecule has 0 amide bonds. The van der Waals surface area contributed by atoms with E-state index in [4.69, 9.17) is 4.84 Å². The summed E-state index contributed by atoms with van der Waals surface area (Å²) in [6.45, 7) is 13.4. The van der Waals surface area contributed by atoms with Crippen molar-refractivity contribution in [2.24, 2.45) is 5.92 Å². The van der Waals surface area contributed by atoms with E-state index in [0.29, 0.717) is 0 Å². The summed E-state index contributed by atoms with van der Waals surface area (Å²) >= 11 is 0. The van der Waals surface area contributed by atoms with Gasteiger partial charge in [0.2, 0.25) is 11.4 Å². The first-order valence-electron chi connectivity index (χ1n) is 9.16. The molecule has 150 valence electrons. The van der Waals surface area contributed by atoms with Crippen molar-refractivity contribution >= 4 is 10.1 Å². The van der Waals surface area contributed by atoms with Gasteiger partial charge in [-0.05, 0) is 50.3 Å². The first-order chi connectivity index (χ1) is 12.5. The van der Waals surface area contributed by atoms with Gasteiger partial charge in [-0.1, -0.05) is 31.5 Å². The molecule has 0 radical (unpaired) electrons. The molecule has 0 N–H and O–H groups in total. The molecule has 27 heavy (non-hydrogen) atoms. The van der Waals surface area contributed by atoms with E-state index in [-0.39, 0.29) is 4.90 Å². The van der Waals surface area contributed by atoms with Crippen LogP contribution in [0, 0.1) is 33.6 Å². The monoisotopic (exact) mass is 393 g/mol.